The predicted molar refractivity (Wildman–Crippen MR) is 124 cm³/mol. The van der Waals surface area contributed by atoms with Crippen LogP contribution in [0.25, 0.3) is 26.8 Å². The fraction of sp³-hybridized carbons (Fsp3) is 0.292. The van der Waals surface area contributed by atoms with Gasteiger partial charge in [-0.1, -0.05) is 35.6 Å². The van der Waals surface area contributed by atoms with Crippen LogP contribution >= 0.6 is 11.3 Å². The van der Waals surface area contributed by atoms with Crippen LogP contribution in [-0.2, 0) is 4.74 Å². The van der Waals surface area contributed by atoms with Crippen LogP contribution in [0.2, 0.25) is 0 Å². The quantitative estimate of drug-likeness (QED) is 0.428. The van der Waals surface area contributed by atoms with E-state index < -0.39 is 0 Å². The number of benzene rings is 2. The van der Waals surface area contributed by atoms with Gasteiger partial charge in [0.05, 0.1) is 24.1 Å². The molecule has 0 spiro atoms. The van der Waals surface area contributed by atoms with Crippen LogP contribution < -0.4 is 4.90 Å². The minimum absolute atomic E-state index is 0.0624. The number of aromatic nitrogens is 3. The first-order valence-electron chi connectivity index (χ1n) is 10.4. The van der Waals surface area contributed by atoms with Gasteiger partial charge in [-0.3, -0.25) is 4.79 Å². The first-order chi connectivity index (χ1) is 15.0. The molecule has 5 rings (SSSR count). The summed E-state index contributed by atoms with van der Waals surface area (Å²) in [6.07, 6.45) is 2.41. The molecular weight excluding hydrogens is 408 g/mol. The molecule has 0 aliphatic carbocycles. The second-order valence-corrected chi connectivity index (χ2v) is 9.06. The lowest BCUT2D eigenvalue weighted by Gasteiger charge is -2.36. The number of carbonyl (C=O) groups excluding carboxylic acids is 1. The number of rotatable bonds is 4. The Morgan fingerprint density at radius 3 is 2.26 bits per heavy atom. The van der Waals surface area contributed by atoms with Gasteiger partial charge < -0.3 is 9.64 Å². The van der Waals surface area contributed by atoms with Crippen molar-refractivity contribution in [3.05, 3.63) is 60.3 Å². The molecule has 0 bridgehead atoms. The Morgan fingerprint density at radius 2 is 1.65 bits per heavy atom. The van der Waals surface area contributed by atoms with Crippen LogP contribution in [0.3, 0.4) is 0 Å². The van der Waals surface area contributed by atoms with Crippen LogP contribution in [0.5, 0.6) is 0 Å². The van der Waals surface area contributed by atoms with Gasteiger partial charge in [0.15, 0.2) is 5.78 Å². The van der Waals surface area contributed by atoms with Crippen LogP contribution in [-0.4, -0.2) is 45.7 Å². The van der Waals surface area contributed by atoms with E-state index in [9.17, 15) is 4.79 Å². The molecule has 31 heavy (non-hydrogen) atoms. The maximum Gasteiger partial charge on any atom is 0.213 e. The summed E-state index contributed by atoms with van der Waals surface area (Å²) in [6, 6.07) is 16.1. The molecule has 0 radical (unpaired) electrons. The van der Waals surface area contributed by atoms with Gasteiger partial charge >= 0.3 is 0 Å². The van der Waals surface area contributed by atoms with Crippen LogP contribution in [0.4, 0.5) is 5.69 Å². The van der Waals surface area contributed by atoms with Gasteiger partial charge in [0, 0.05) is 35.5 Å². The average molecular weight is 433 g/mol. The second-order valence-electron chi connectivity index (χ2n) is 8.10. The standard InChI is InChI=1S/C24H24N4O2S/c1-15-12-27(13-16(2)30-15)21-10-8-20(9-11-21)23-26-28-14-22(25-24(28)31-23)19-6-4-18(5-7-19)17(3)29/h4-11,14-16H,12-13H2,1-3H3. The Hall–Kier alpha value is -3.03. The lowest BCUT2D eigenvalue weighted by Crippen LogP contribution is -2.45. The van der Waals surface area contributed by atoms with Gasteiger partial charge in [-0.25, -0.2) is 9.50 Å². The number of hydrogen-bond acceptors (Lipinski definition) is 6. The number of nitrogens with zero attached hydrogens (tertiary/aromatic N) is 4. The zero-order valence-electron chi connectivity index (χ0n) is 17.8. The Morgan fingerprint density at radius 1 is 1.00 bits per heavy atom. The maximum absolute atomic E-state index is 11.5. The smallest absolute Gasteiger partial charge is 0.213 e. The predicted octanol–water partition coefficient (Wildman–Crippen LogP) is 4.94. The Bertz CT molecular complexity index is 1190. The second kappa shape index (κ2) is 7.90. The van der Waals surface area contributed by atoms with Crippen LogP contribution in [0.15, 0.2) is 54.7 Å². The van der Waals surface area contributed by atoms with Crippen LogP contribution in [0, 0.1) is 0 Å². The fourth-order valence-electron chi connectivity index (χ4n) is 4.04. The fourth-order valence-corrected chi connectivity index (χ4v) is 4.92. The summed E-state index contributed by atoms with van der Waals surface area (Å²) in [7, 11) is 0. The Labute approximate surface area is 185 Å². The van der Waals surface area contributed by atoms with Crippen molar-refractivity contribution < 1.29 is 9.53 Å². The highest BCUT2D eigenvalue weighted by atomic mass is 32.1. The normalized spacial score (nSPS) is 19.1. The van der Waals surface area contributed by atoms with E-state index in [0.717, 1.165) is 39.9 Å². The molecule has 0 amide bonds. The molecule has 1 aliphatic heterocycles. The van der Waals surface area contributed by atoms with Gasteiger partial charge in [-0.15, -0.1) is 0 Å². The molecule has 0 N–H and O–H groups in total. The summed E-state index contributed by atoms with van der Waals surface area (Å²) in [5.74, 6) is 0.0624. The van der Waals surface area contributed by atoms with E-state index in [1.165, 1.54) is 5.69 Å². The number of Topliss-reactive ketones (excluding diaryl/α,β-unsaturated/α-hetero) is 1. The van der Waals surface area contributed by atoms with E-state index in [1.807, 2.05) is 35.0 Å². The largest absolute Gasteiger partial charge is 0.372 e. The summed E-state index contributed by atoms with van der Waals surface area (Å²) >= 11 is 1.57. The number of ether oxygens (including phenoxy) is 1. The van der Waals surface area contributed by atoms with Crippen molar-refractivity contribution in [1.82, 2.24) is 14.6 Å². The molecule has 2 aromatic heterocycles. The highest BCUT2D eigenvalue weighted by Crippen LogP contribution is 2.30. The summed E-state index contributed by atoms with van der Waals surface area (Å²) in [4.78, 5) is 19.4. The van der Waals surface area contributed by atoms with Crippen molar-refractivity contribution in [1.29, 1.82) is 0 Å². The van der Waals surface area contributed by atoms with E-state index in [2.05, 4.69) is 43.0 Å². The lowest BCUT2D eigenvalue weighted by molar-refractivity contribution is -0.00521. The zero-order valence-corrected chi connectivity index (χ0v) is 18.6. The van der Waals surface area contributed by atoms with E-state index >= 15 is 0 Å². The first kappa shape index (κ1) is 19.9. The molecule has 2 unspecified atom stereocenters. The summed E-state index contributed by atoms with van der Waals surface area (Å²) in [5, 5.41) is 5.67. The zero-order chi connectivity index (χ0) is 21.5. The molecule has 2 atom stereocenters. The van der Waals surface area contributed by atoms with E-state index in [-0.39, 0.29) is 18.0 Å². The van der Waals surface area contributed by atoms with Crippen molar-refractivity contribution in [3.63, 3.8) is 0 Å². The molecule has 2 aromatic carbocycles. The van der Waals surface area contributed by atoms with Crippen molar-refractivity contribution in [2.45, 2.75) is 33.0 Å². The molecule has 1 aliphatic rings. The Balaban J connectivity index is 1.36. The van der Waals surface area contributed by atoms with Crippen molar-refractivity contribution in [2.24, 2.45) is 0 Å². The minimum atomic E-state index is 0.0624. The van der Waals surface area contributed by atoms with Crippen LogP contribution in [0.1, 0.15) is 31.1 Å². The number of fused-ring (bicyclic) bond motifs is 1. The van der Waals surface area contributed by atoms with Gasteiger partial charge in [-0.05, 0) is 45.0 Å². The van der Waals surface area contributed by atoms with Gasteiger partial charge in [-0.2, -0.15) is 5.10 Å². The number of morpholine rings is 1. The average Bonchev–Trinajstić information content (AvgIpc) is 3.33. The number of ketones is 1. The molecule has 3 heterocycles. The summed E-state index contributed by atoms with van der Waals surface area (Å²) in [5.41, 5.74) is 4.83. The topological polar surface area (TPSA) is 59.7 Å². The number of anilines is 1. The molecule has 6 nitrogen and oxygen atoms in total. The molecule has 4 aromatic rings. The monoisotopic (exact) mass is 432 g/mol. The lowest BCUT2D eigenvalue weighted by atomic mass is 10.1. The molecular formula is C24H24N4O2S. The highest BCUT2D eigenvalue weighted by molar-refractivity contribution is 7.19. The highest BCUT2D eigenvalue weighted by Gasteiger charge is 2.22. The molecule has 158 valence electrons. The van der Waals surface area contributed by atoms with Gasteiger partial charge in [0.2, 0.25) is 4.96 Å². The van der Waals surface area contributed by atoms with Gasteiger partial charge in [0.1, 0.15) is 5.01 Å². The molecule has 0 saturated carbocycles. The van der Waals surface area contributed by atoms with Crippen molar-refractivity contribution >= 4 is 27.8 Å². The van der Waals surface area contributed by atoms with Crippen molar-refractivity contribution in [2.75, 3.05) is 18.0 Å². The SMILES string of the molecule is CC(=O)c1ccc(-c2cn3nc(-c4ccc(N5CC(C)OC(C)C5)cc4)sc3n2)cc1. The summed E-state index contributed by atoms with van der Waals surface area (Å²) in [6.45, 7) is 7.63. The van der Waals surface area contributed by atoms with E-state index in [4.69, 9.17) is 14.8 Å². The van der Waals surface area contributed by atoms with E-state index in [0.29, 0.717) is 5.56 Å². The Kier molecular flexibility index (Phi) is 5.08. The number of hydrogen-bond donors (Lipinski definition) is 0. The third kappa shape index (κ3) is 3.98. The molecule has 7 heteroatoms. The summed E-state index contributed by atoms with van der Waals surface area (Å²) < 4.78 is 7.67. The number of carbonyl (C=O) groups is 1. The molecule has 1 fully saturated rings. The maximum atomic E-state index is 11.5. The first-order valence-corrected chi connectivity index (χ1v) is 11.3. The van der Waals surface area contributed by atoms with Gasteiger partial charge in [0.25, 0.3) is 0 Å². The van der Waals surface area contributed by atoms with E-state index in [1.54, 1.807) is 18.3 Å². The molecule has 1 saturated heterocycles. The third-order valence-corrected chi connectivity index (χ3v) is 6.50. The third-order valence-electron chi connectivity index (χ3n) is 5.53. The number of imidazole rings is 1. The minimum Gasteiger partial charge on any atom is -0.372 e. The van der Waals surface area contributed by atoms with Crippen molar-refractivity contribution in [3.8, 4) is 21.8 Å².